The number of hydrogen-bond acceptors (Lipinski definition) is 3. The number of aryl methyl sites for hydroxylation is 1. The van der Waals surface area contributed by atoms with Crippen LogP contribution >= 0.6 is 0 Å². The van der Waals surface area contributed by atoms with Gasteiger partial charge in [-0.2, -0.15) is 0 Å². The minimum Gasteiger partial charge on any atom is -0.396 e. The Morgan fingerprint density at radius 3 is 2.96 bits per heavy atom. The van der Waals surface area contributed by atoms with Gasteiger partial charge in [-0.1, -0.05) is 24.3 Å². The van der Waals surface area contributed by atoms with Crippen LogP contribution in [-0.2, 0) is 7.05 Å². The van der Waals surface area contributed by atoms with E-state index in [-0.39, 0.29) is 30.4 Å². The van der Waals surface area contributed by atoms with Gasteiger partial charge in [-0.25, -0.2) is 14.2 Å². The Morgan fingerprint density at radius 1 is 1.48 bits per heavy atom. The average Bonchev–Trinajstić information content (AvgIpc) is 3.21. The van der Waals surface area contributed by atoms with Gasteiger partial charge in [0.05, 0.1) is 0 Å². The summed E-state index contributed by atoms with van der Waals surface area (Å²) in [5.41, 5.74) is 0.611. The van der Waals surface area contributed by atoms with Crippen LogP contribution in [0.15, 0.2) is 48.8 Å². The Kier molecular flexibility index (Phi) is 5.14. The first-order valence-corrected chi connectivity index (χ1v) is 8.15. The number of urea groups is 1. The molecule has 3 atom stereocenters. The van der Waals surface area contributed by atoms with Crippen molar-refractivity contribution in [2.75, 3.05) is 6.61 Å². The van der Waals surface area contributed by atoms with E-state index in [1.165, 1.54) is 12.1 Å². The molecule has 0 unspecified atom stereocenters. The molecule has 0 radical (unpaired) electrons. The van der Waals surface area contributed by atoms with Gasteiger partial charge in [-0.15, -0.1) is 0 Å². The lowest BCUT2D eigenvalue weighted by molar-refractivity contribution is 0.229. The molecule has 0 bridgehead atoms. The molecular weight excluding hydrogens is 323 g/mol. The van der Waals surface area contributed by atoms with E-state index < -0.39 is 6.04 Å². The molecule has 1 aliphatic carbocycles. The number of hydrogen-bond donors (Lipinski definition) is 3. The molecule has 132 valence electrons. The third-order valence-corrected chi connectivity index (χ3v) is 4.30. The summed E-state index contributed by atoms with van der Waals surface area (Å²) in [4.78, 5) is 16.7. The number of imidazole rings is 1. The van der Waals surface area contributed by atoms with Gasteiger partial charge in [-0.3, -0.25) is 0 Å². The van der Waals surface area contributed by atoms with Crippen LogP contribution < -0.4 is 10.6 Å². The fraction of sp³-hybridized carbons (Fsp3) is 0.333. The van der Waals surface area contributed by atoms with Crippen LogP contribution in [0.25, 0.3) is 0 Å². The van der Waals surface area contributed by atoms with Crippen molar-refractivity contribution in [2.45, 2.75) is 18.5 Å². The maximum Gasteiger partial charge on any atom is 0.316 e. The quantitative estimate of drug-likeness (QED) is 0.725. The fourth-order valence-corrected chi connectivity index (χ4v) is 3.00. The molecule has 1 aromatic carbocycles. The maximum atomic E-state index is 13.6. The monoisotopic (exact) mass is 344 g/mol. The van der Waals surface area contributed by atoms with E-state index in [4.69, 9.17) is 5.11 Å². The largest absolute Gasteiger partial charge is 0.396 e. The highest BCUT2D eigenvalue weighted by atomic mass is 19.1. The first-order valence-electron chi connectivity index (χ1n) is 8.15. The second-order valence-electron chi connectivity index (χ2n) is 6.17. The minimum absolute atomic E-state index is 0.0650. The lowest BCUT2D eigenvalue weighted by atomic mass is 10.1. The van der Waals surface area contributed by atoms with Crippen molar-refractivity contribution in [3.05, 3.63) is 66.0 Å². The molecule has 0 aliphatic heterocycles. The predicted octanol–water partition coefficient (Wildman–Crippen LogP) is 1.88. The van der Waals surface area contributed by atoms with E-state index in [9.17, 15) is 9.18 Å². The third kappa shape index (κ3) is 4.06. The van der Waals surface area contributed by atoms with E-state index >= 15 is 0 Å². The molecule has 3 rings (SSSR count). The van der Waals surface area contributed by atoms with E-state index in [0.717, 1.165) is 0 Å². The van der Waals surface area contributed by atoms with E-state index in [0.29, 0.717) is 17.8 Å². The Bertz CT molecular complexity index is 774. The zero-order chi connectivity index (χ0) is 17.8. The van der Waals surface area contributed by atoms with Crippen molar-refractivity contribution in [3.63, 3.8) is 0 Å². The standard InChI is InChI=1S/C18H21FN4O2/c1-23-8-7-20-17(23)16(13-3-2-4-14(19)10-13)22-18(25)21-15-6-5-12(9-15)11-24/h2-8,10,12,15-16,24H,9,11H2,1H3,(H2,21,22,25)/t12-,15+,16+/m0/s1. The number of benzene rings is 1. The van der Waals surface area contributed by atoms with Crippen molar-refractivity contribution in [1.82, 2.24) is 20.2 Å². The Hall–Kier alpha value is -2.67. The van der Waals surface area contributed by atoms with Gasteiger partial charge < -0.3 is 20.3 Å². The first kappa shape index (κ1) is 17.2. The van der Waals surface area contributed by atoms with E-state index in [1.54, 1.807) is 29.1 Å². The van der Waals surface area contributed by atoms with Crippen LogP contribution in [0.2, 0.25) is 0 Å². The SMILES string of the molecule is Cn1ccnc1[C@H](NC(=O)N[C@@H]1C=C[C@H](CO)C1)c1cccc(F)c1. The van der Waals surface area contributed by atoms with Crippen LogP contribution in [0.4, 0.5) is 9.18 Å². The molecule has 2 amide bonds. The van der Waals surface area contributed by atoms with Gasteiger partial charge in [0.25, 0.3) is 0 Å². The number of aliphatic hydroxyl groups excluding tert-OH is 1. The summed E-state index contributed by atoms with van der Waals surface area (Å²) in [6.07, 6.45) is 7.84. The number of nitrogens with zero attached hydrogens (tertiary/aromatic N) is 2. The predicted molar refractivity (Wildman–Crippen MR) is 91.2 cm³/mol. The summed E-state index contributed by atoms with van der Waals surface area (Å²) >= 11 is 0. The summed E-state index contributed by atoms with van der Waals surface area (Å²) in [7, 11) is 1.82. The van der Waals surface area contributed by atoms with E-state index in [1.807, 2.05) is 19.2 Å². The number of carbonyl (C=O) groups excluding carboxylic acids is 1. The topological polar surface area (TPSA) is 79.2 Å². The van der Waals surface area contributed by atoms with Crippen molar-refractivity contribution in [3.8, 4) is 0 Å². The Morgan fingerprint density at radius 2 is 2.32 bits per heavy atom. The third-order valence-electron chi connectivity index (χ3n) is 4.30. The number of rotatable bonds is 5. The van der Waals surface area contributed by atoms with Gasteiger partial charge in [0, 0.05) is 38.0 Å². The van der Waals surface area contributed by atoms with Crippen LogP contribution in [0.3, 0.4) is 0 Å². The molecule has 7 heteroatoms. The molecule has 0 fully saturated rings. The Labute approximate surface area is 145 Å². The molecule has 0 saturated carbocycles. The molecule has 25 heavy (non-hydrogen) atoms. The lowest BCUT2D eigenvalue weighted by Crippen LogP contribution is -2.43. The number of nitrogens with one attached hydrogen (secondary N) is 2. The van der Waals surface area contributed by atoms with Crippen LogP contribution in [0.1, 0.15) is 23.9 Å². The van der Waals surface area contributed by atoms with Gasteiger partial charge in [-0.05, 0) is 24.1 Å². The normalized spacial score (nSPS) is 20.4. The van der Waals surface area contributed by atoms with Crippen molar-refractivity contribution < 1.29 is 14.3 Å². The zero-order valence-corrected chi connectivity index (χ0v) is 13.9. The van der Waals surface area contributed by atoms with Gasteiger partial charge in [0.2, 0.25) is 0 Å². The summed E-state index contributed by atoms with van der Waals surface area (Å²) in [6, 6.07) is 5.02. The number of carbonyl (C=O) groups is 1. The zero-order valence-electron chi connectivity index (χ0n) is 13.9. The minimum atomic E-state index is -0.574. The number of aromatic nitrogens is 2. The highest BCUT2D eigenvalue weighted by molar-refractivity contribution is 5.75. The van der Waals surface area contributed by atoms with Crippen molar-refractivity contribution in [2.24, 2.45) is 13.0 Å². The lowest BCUT2D eigenvalue weighted by Gasteiger charge is -2.21. The summed E-state index contributed by atoms with van der Waals surface area (Å²) < 4.78 is 15.4. The summed E-state index contributed by atoms with van der Waals surface area (Å²) in [5.74, 6) is 0.304. The van der Waals surface area contributed by atoms with Crippen LogP contribution in [-0.4, -0.2) is 33.3 Å². The molecule has 0 spiro atoms. The molecule has 3 N–H and O–H groups in total. The Balaban J connectivity index is 1.75. The maximum absolute atomic E-state index is 13.6. The highest BCUT2D eigenvalue weighted by Gasteiger charge is 2.24. The van der Waals surface area contributed by atoms with Crippen molar-refractivity contribution in [1.29, 1.82) is 0 Å². The highest BCUT2D eigenvalue weighted by Crippen LogP contribution is 2.22. The molecule has 0 saturated heterocycles. The average molecular weight is 344 g/mol. The number of amides is 2. The van der Waals surface area contributed by atoms with Gasteiger partial charge in [0.15, 0.2) is 0 Å². The molecule has 6 nitrogen and oxygen atoms in total. The molecule has 1 aliphatic rings. The van der Waals surface area contributed by atoms with Gasteiger partial charge in [0.1, 0.15) is 17.7 Å². The number of halogens is 1. The first-order chi connectivity index (χ1) is 12.1. The smallest absolute Gasteiger partial charge is 0.316 e. The number of aliphatic hydroxyl groups is 1. The van der Waals surface area contributed by atoms with E-state index in [2.05, 4.69) is 15.6 Å². The van der Waals surface area contributed by atoms with Crippen LogP contribution in [0.5, 0.6) is 0 Å². The fourth-order valence-electron chi connectivity index (χ4n) is 3.00. The van der Waals surface area contributed by atoms with Crippen molar-refractivity contribution >= 4 is 6.03 Å². The second kappa shape index (κ2) is 7.48. The molecule has 1 heterocycles. The van der Waals surface area contributed by atoms with Crippen LogP contribution in [0, 0.1) is 11.7 Å². The molecular formula is C18H21FN4O2. The summed E-state index contributed by atoms with van der Waals surface area (Å²) in [6.45, 7) is 0.0650. The van der Waals surface area contributed by atoms with Gasteiger partial charge >= 0.3 is 6.03 Å². The molecule has 2 aromatic rings. The summed E-state index contributed by atoms with van der Waals surface area (Å²) in [5, 5.41) is 14.9. The molecule has 1 aromatic heterocycles. The second-order valence-corrected chi connectivity index (χ2v) is 6.17.